The van der Waals surface area contributed by atoms with Crippen LogP contribution in [0.2, 0.25) is 0 Å². The van der Waals surface area contributed by atoms with E-state index < -0.39 is 4.92 Å². The number of benzene rings is 1. The largest absolute Gasteiger partial charge is 0.484 e. The van der Waals surface area contributed by atoms with Gasteiger partial charge in [0.2, 0.25) is 0 Å². The molecular formula is C14H18N2O3. The Hall–Kier alpha value is -2.22. The summed E-state index contributed by atoms with van der Waals surface area (Å²) in [6.45, 7) is 5.52. The number of hydrogen-bond acceptors (Lipinski definition) is 4. The van der Waals surface area contributed by atoms with Crippen molar-refractivity contribution in [2.75, 3.05) is 5.32 Å². The molecule has 19 heavy (non-hydrogen) atoms. The Morgan fingerprint density at radius 1 is 1.47 bits per heavy atom. The highest BCUT2D eigenvalue weighted by atomic mass is 16.6. The summed E-state index contributed by atoms with van der Waals surface area (Å²) in [6, 6.07) is 4.92. The second-order valence-electron chi connectivity index (χ2n) is 4.53. The van der Waals surface area contributed by atoms with Crippen molar-refractivity contribution < 1.29 is 9.66 Å². The number of anilines is 1. The summed E-state index contributed by atoms with van der Waals surface area (Å²) in [7, 11) is 0. The number of nitro groups is 1. The van der Waals surface area contributed by atoms with Crippen molar-refractivity contribution in [2.24, 2.45) is 0 Å². The quantitative estimate of drug-likeness (QED) is 0.485. The van der Waals surface area contributed by atoms with Crippen LogP contribution >= 0.6 is 0 Å². The van der Waals surface area contributed by atoms with Gasteiger partial charge in [-0.2, -0.15) is 0 Å². The van der Waals surface area contributed by atoms with E-state index in [0.717, 1.165) is 0 Å². The number of nitro benzene ring substituents is 1. The number of nitrogens with one attached hydrogen (secondary N) is 1. The maximum Gasteiger partial charge on any atom is 0.333 e. The Morgan fingerprint density at radius 2 is 2.16 bits per heavy atom. The molecule has 5 heteroatoms. The van der Waals surface area contributed by atoms with Gasteiger partial charge in [0.05, 0.1) is 11.0 Å². The highest BCUT2D eigenvalue weighted by Gasteiger charge is 2.22. The minimum absolute atomic E-state index is 0.0435. The second kappa shape index (κ2) is 6.64. The third-order valence-electron chi connectivity index (χ3n) is 2.37. The molecule has 0 fully saturated rings. The Labute approximate surface area is 113 Å². The van der Waals surface area contributed by atoms with Crippen molar-refractivity contribution in [3.8, 4) is 18.1 Å². The lowest BCUT2D eigenvalue weighted by atomic mass is 10.2. The molecular weight excluding hydrogens is 244 g/mol. The summed E-state index contributed by atoms with van der Waals surface area (Å²) in [4.78, 5) is 10.8. The summed E-state index contributed by atoms with van der Waals surface area (Å²) in [5.74, 6) is 2.78. The van der Waals surface area contributed by atoms with Gasteiger partial charge >= 0.3 is 5.69 Å². The first-order valence-electron chi connectivity index (χ1n) is 6.09. The van der Waals surface area contributed by atoms with Crippen molar-refractivity contribution in [1.82, 2.24) is 0 Å². The van der Waals surface area contributed by atoms with Gasteiger partial charge in [0.25, 0.3) is 0 Å². The van der Waals surface area contributed by atoms with E-state index in [4.69, 9.17) is 11.2 Å². The van der Waals surface area contributed by atoms with Crippen LogP contribution in [0.1, 0.15) is 27.2 Å². The molecule has 0 aliphatic carbocycles. The summed E-state index contributed by atoms with van der Waals surface area (Å²) >= 11 is 0. The lowest BCUT2D eigenvalue weighted by molar-refractivity contribution is -0.385. The van der Waals surface area contributed by atoms with Crippen LogP contribution in [-0.2, 0) is 0 Å². The zero-order valence-corrected chi connectivity index (χ0v) is 11.3. The first-order chi connectivity index (χ1) is 8.95. The topological polar surface area (TPSA) is 64.4 Å². The molecule has 0 amide bonds. The minimum Gasteiger partial charge on any atom is -0.484 e. The molecule has 5 nitrogen and oxygen atoms in total. The zero-order valence-electron chi connectivity index (χ0n) is 11.3. The predicted octanol–water partition coefficient (Wildman–Crippen LogP) is 3.21. The van der Waals surface area contributed by atoms with Gasteiger partial charge in [0.1, 0.15) is 5.69 Å². The lowest BCUT2D eigenvalue weighted by Gasteiger charge is -2.15. The Morgan fingerprint density at radius 3 is 2.68 bits per heavy atom. The van der Waals surface area contributed by atoms with Crippen LogP contribution in [0.25, 0.3) is 0 Å². The molecule has 1 aromatic carbocycles. The summed E-state index contributed by atoms with van der Waals surface area (Å²) < 4.78 is 5.47. The van der Waals surface area contributed by atoms with Crippen LogP contribution in [0, 0.1) is 22.5 Å². The van der Waals surface area contributed by atoms with E-state index in [0.29, 0.717) is 12.1 Å². The smallest absolute Gasteiger partial charge is 0.333 e. The molecule has 0 spiro atoms. The van der Waals surface area contributed by atoms with Gasteiger partial charge in [-0.05, 0) is 32.9 Å². The molecule has 0 radical (unpaired) electrons. The highest BCUT2D eigenvalue weighted by Crippen LogP contribution is 2.35. The minimum atomic E-state index is -0.442. The van der Waals surface area contributed by atoms with Crippen molar-refractivity contribution in [2.45, 2.75) is 39.3 Å². The Balaban J connectivity index is 3.10. The maximum absolute atomic E-state index is 11.2. The van der Waals surface area contributed by atoms with Gasteiger partial charge in [0, 0.05) is 12.5 Å². The molecule has 0 heterocycles. The van der Waals surface area contributed by atoms with Gasteiger partial charge in [-0.3, -0.25) is 10.1 Å². The fourth-order valence-corrected chi connectivity index (χ4v) is 1.67. The highest BCUT2D eigenvalue weighted by molar-refractivity contribution is 5.68. The van der Waals surface area contributed by atoms with E-state index in [1.54, 1.807) is 18.2 Å². The molecule has 0 bridgehead atoms. The molecule has 0 aliphatic rings. The van der Waals surface area contributed by atoms with Crippen LogP contribution in [0.3, 0.4) is 0 Å². The van der Waals surface area contributed by atoms with Crippen LogP contribution in [-0.4, -0.2) is 17.1 Å². The van der Waals surface area contributed by atoms with Crippen molar-refractivity contribution >= 4 is 11.4 Å². The third-order valence-corrected chi connectivity index (χ3v) is 2.37. The zero-order chi connectivity index (χ0) is 14.4. The van der Waals surface area contributed by atoms with Crippen LogP contribution < -0.4 is 10.1 Å². The van der Waals surface area contributed by atoms with E-state index in [2.05, 4.69) is 11.2 Å². The van der Waals surface area contributed by atoms with E-state index in [9.17, 15) is 10.1 Å². The monoisotopic (exact) mass is 262 g/mol. The first kappa shape index (κ1) is 14.8. The number of nitrogens with zero attached hydrogens (tertiary/aromatic N) is 1. The molecule has 1 atom stereocenters. The van der Waals surface area contributed by atoms with Crippen LogP contribution in [0.5, 0.6) is 5.75 Å². The molecule has 1 rings (SSSR count). The average molecular weight is 262 g/mol. The van der Waals surface area contributed by atoms with Gasteiger partial charge in [0.15, 0.2) is 5.75 Å². The van der Waals surface area contributed by atoms with Gasteiger partial charge < -0.3 is 10.1 Å². The Bertz CT molecular complexity index is 492. The standard InChI is InChI=1S/C14H18N2O3/c1-5-7-11(4)15-12-8-6-9-13(19-10(2)3)14(12)16(17)18/h1,6,8-11,15H,7H2,2-4H3. The number of hydrogen-bond donors (Lipinski definition) is 1. The summed E-state index contributed by atoms with van der Waals surface area (Å²) in [5, 5.41) is 14.3. The first-order valence-corrected chi connectivity index (χ1v) is 6.09. The fraction of sp³-hybridized carbons (Fsp3) is 0.429. The molecule has 1 unspecified atom stereocenters. The number of rotatable bonds is 6. The summed E-state index contributed by atoms with van der Waals surface area (Å²) in [6.07, 6.45) is 5.59. The fourth-order valence-electron chi connectivity index (χ4n) is 1.67. The molecule has 0 saturated carbocycles. The van der Waals surface area contributed by atoms with E-state index in [-0.39, 0.29) is 23.6 Å². The lowest BCUT2D eigenvalue weighted by Crippen LogP contribution is -2.16. The Kier molecular flexibility index (Phi) is 5.19. The predicted molar refractivity (Wildman–Crippen MR) is 75.4 cm³/mol. The number of terminal acetylenes is 1. The van der Waals surface area contributed by atoms with Gasteiger partial charge in [-0.15, -0.1) is 12.3 Å². The molecule has 102 valence electrons. The molecule has 0 aliphatic heterocycles. The molecule has 1 N–H and O–H groups in total. The van der Waals surface area contributed by atoms with Crippen LogP contribution in [0.15, 0.2) is 18.2 Å². The number of ether oxygens (including phenoxy) is 1. The van der Waals surface area contributed by atoms with Gasteiger partial charge in [-0.25, -0.2) is 0 Å². The molecule has 1 aromatic rings. The second-order valence-corrected chi connectivity index (χ2v) is 4.53. The van der Waals surface area contributed by atoms with Gasteiger partial charge in [-0.1, -0.05) is 6.07 Å². The summed E-state index contributed by atoms with van der Waals surface area (Å²) in [5.41, 5.74) is 0.367. The van der Waals surface area contributed by atoms with Crippen molar-refractivity contribution in [3.05, 3.63) is 28.3 Å². The SMILES string of the molecule is C#CCC(C)Nc1cccc(OC(C)C)c1[N+](=O)[O-]. The molecule has 0 saturated heterocycles. The van der Waals surface area contributed by atoms with E-state index >= 15 is 0 Å². The van der Waals surface area contributed by atoms with Crippen molar-refractivity contribution in [1.29, 1.82) is 0 Å². The molecule has 0 aromatic heterocycles. The third kappa shape index (κ3) is 4.18. The van der Waals surface area contributed by atoms with Crippen LogP contribution in [0.4, 0.5) is 11.4 Å². The maximum atomic E-state index is 11.2. The normalized spacial score (nSPS) is 11.7. The van der Waals surface area contributed by atoms with E-state index in [1.807, 2.05) is 20.8 Å². The van der Waals surface area contributed by atoms with Crippen molar-refractivity contribution in [3.63, 3.8) is 0 Å². The van der Waals surface area contributed by atoms with E-state index in [1.165, 1.54) is 0 Å². The number of para-hydroxylation sites is 1. The average Bonchev–Trinajstić information content (AvgIpc) is 2.27.